The van der Waals surface area contributed by atoms with E-state index in [0.717, 1.165) is 5.92 Å². The Morgan fingerprint density at radius 1 is 1.41 bits per heavy atom. The highest BCUT2D eigenvalue weighted by Crippen LogP contribution is 2.22. The molecule has 1 aliphatic rings. The highest BCUT2D eigenvalue weighted by Gasteiger charge is 2.20. The van der Waals surface area contributed by atoms with E-state index in [-0.39, 0.29) is 0 Å². The van der Waals surface area contributed by atoms with Gasteiger partial charge in [0, 0.05) is 19.3 Å². The Balaban J connectivity index is 1.78. The molecule has 0 spiro atoms. The van der Waals surface area contributed by atoms with Gasteiger partial charge in [-0.2, -0.15) is 5.10 Å². The van der Waals surface area contributed by atoms with Gasteiger partial charge in [0.05, 0.1) is 6.04 Å². The standard InChI is InChI=1S/C13H24N4/c1-11(2)3-7-16-8-4-12(5-9-16)17-10-6-13(14)15-17/h6,10-12H,3-5,7-9H2,1-2H3,(H2,14,15). The maximum absolute atomic E-state index is 5.65. The summed E-state index contributed by atoms with van der Waals surface area (Å²) >= 11 is 0. The van der Waals surface area contributed by atoms with Crippen LogP contribution in [0.25, 0.3) is 0 Å². The number of rotatable bonds is 4. The minimum atomic E-state index is 0.544. The van der Waals surface area contributed by atoms with Gasteiger partial charge in [-0.05, 0) is 37.8 Å². The molecular weight excluding hydrogens is 212 g/mol. The van der Waals surface area contributed by atoms with Gasteiger partial charge in [0.25, 0.3) is 0 Å². The van der Waals surface area contributed by atoms with Crippen LogP contribution in [0.2, 0.25) is 0 Å². The maximum Gasteiger partial charge on any atom is 0.145 e. The first-order valence-electron chi connectivity index (χ1n) is 6.68. The molecule has 96 valence electrons. The van der Waals surface area contributed by atoms with Crippen LogP contribution in [0.3, 0.4) is 0 Å². The van der Waals surface area contributed by atoms with Gasteiger partial charge in [-0.15, -0.1) is 0 Å². The first-order valence-corrected chi connectivity index (χ1v) is 6.68. The van der Waals surface area contributed by atoms with Gasteiger partial charge in [-0.3, -0.25) is 4.68 Å². The van der Waals surface area contributed by atoms with Crippen molar-refractivity contribution >= 4 is 5.82 Å². The molecule has 0 saturated carbocycles. The lowest BCUT2D eigenvalue weighted by Gasteiger charge is -2.32. The van der Waals surface area contributed by atoms with Crippen molar-refractivity contribution in [1.82, 2.24) is 14.7 Å². The van der Waals surface area contributed by atoms with Crippen molar-refractivity contribution in [3.8, 4) is 0 Å². The Bertz CT molecular complexity index is 337. The van der Waals surface area contributed by atoms with Gasteiger partial charge in [0.15, 0.2) is 0 Å². The minimum Gasteiger partial charge on any atom is -0.382 e. The van der Waals surface area contributed by atoms with Crippen molar-refractivity contribution in [2.45, 2.75) is 39.2 Å². The number of piperidine rings is 1. The molecule has 0 aromatic carbocycles. The van der Waals surface area contributed by atoms with Crippen molar-refractivity contribution < 1.29 is 0 Å². The van der Waals surface area contributed by atoms with Crippen LogP contribution in [0.15, 0.2) is 12.3 Å². The molecule has 17 heavy (non-hydrogen) atoms. The molecule has 1 saturated heterocycles. The van der Waals surface area contributed by atoms with E-state index in [2.05, 4.69) is 23.8 Å². The minimum absolute atomic E-state index is 0.544. The molecule has 2 rings (SSSR count). The second-order valence-corrected chi connectivity index (χ2v) is 5.48. The third-order valence-electron chi connectivity index (χ3n) is 3.58. The lowest BCUT2D eigenvalue weighted by atomic mass is 10.0. The van der Waals surface area contributed by atoms with Gasteiger partial charge in [-0.1, -0.05) is 13.8 Å². The lowest BCUT2D eigenvalue weighted by Crippen LogP contribution is -2.35. The molecule has 1 fully saturated rings. The number of hydrogen-bond acceptors (Lipinski definition) is 3. The fraction of sp³-hybridized carbons (Fsp3) is 0.769. The predicted molar refractivity (Wildman–Crippen MR) is 70.8 cm³/mol. The van der Waals surface area contributed by atoms with Crippen molar-refractivity contribution in [2.24, 2.45) is 5.92 Å². The Kier molecular flexibility index (Phi) is 4.05. The molecule has 1 aliphatic heterocycles. The van der Waals surface area contributed by atoms with Gasteiger partial charge < -0.3 is 10.6 Å². The molecule has 2 heterocycles. The first kappa shape index (κ1) is 12.4. The first-order chi connectivity index (χ1) is 8.15. The number of likely N-dealkylation sites (tertiary alicyclic amines) is 1. The van der Waals surface area contributed by atoms with Crippen LogP contribution in [0.4, 0.5) is 5.82 Å². The zero-order valence-corrected chi connectivity index (χ0v) is 11.0. The lowest BCUT2D eigenvalue weighted by molar-refractivity contribution is 0.173. The summed E-state index contributed by atoms with van der Waals surface area (Å²) in [6, 6.07) is 2.42. The zero-order valence-electron chi connectivity index (χ0n) is 11.0. The summed E-state index contributed by atoms with van der Waals surface area (Å²) in [5, 5.41) is 4.31. The van der Waals surface area contributed by atoms with Crippen LogP contribution in [0.1, 0.15) is 39.2 Å². The third kappa shape index (κ3) is 3.46. The van der Waals surface area contributed by atoms with E-state index >= 15 is 0 Å². The van der Waals surface area contributed by atoms with Crippen LogP contribution < -0.4 is 5.73 Å². The summed E-state index contributed by atoms with van der Waals surface area (Å²) in [6.45, 7) is 8.21. The maximum atomic E-state index is 5.65. The van der Waals surface area contributed by atoms with Gasteiger partial charge >= 0.3 is 0 Å². The average Bonchev–Trinajstić information content (AvgIpc) is 2.74. The average molecular weight is 236 g/mol. The van der Waals surface area contributed by atoms with E-state index in [9.17, 15) is 0 Å². The molecule has 2 N–H and O–H groups in total. The smallest absolute Gasteiger partial charge is 0.145 e. The highest BCUT2D eigenvalue weighted by atomic mass is 15.3. The van der Waals surface area contributed by atoms with Crippen LogP contribution in [-0.2, 0) is 0 Å². The number of nitrogens with zero attached hydrogens (tertiary/aromatic N) is 3. The second-order valence-electron chi connectivity index (χ2n) is 5.48. The molecule has 1 aromatic rings. The van der Waals surface area contributed by atoms with Crippen molar-refractivity contribution in [3.05, 3.63) is 12.3 Å². The molecule has 4 heteroatoms. The van der Waals surface area contributed by atoms with Crippen LogP contribution in [-0.4, -0.2) is 34.3 Å². The Hall–Kier alpha value is -1.03. The summed E-state index contributed by atoms with van der Waals surface area (Å²) in [7, 11) is 0. The van der Waals surface area contributed by atoms with E-state index in [1.165, 1.54) is 38.9 Å². The van der Waals surface area contributed by atoms with Crippen molar-refractivity contribution in [3.63, 3.8) is 0 Å². The fourth-order valence-electron chi connectivity index (χ4n) is 2.40. The van der Waals surface area contributed by atoms with Crippen LogP contribution in [0, 0.1) is 5.92 Å². The van der Waals surface area contributed by atoms with Crippen LogP contribution >= 0.6 is 0 Å². The molecule has 0 radical (unpaired) electrons. The number of anilines is 1. The van der Waals surface area contributed by atoms with Gasteiger partial charge in [-0.25, -0.2) is 0 Å². The number of nitrogens with two attached hydrogens (primary N) is 1. The van der Waals surface area contributed by atoms with Gasteiger partial charge in [0.2, 0.25) is 0 Å². The molecule has 0 aliphatic carbocycles. The number of aromatic nitrogens is 2. The number of hydrogen-bond donors (Lipinski definition) is 1. The van der Waals surface area contributed by atoms with Crippen molar-refractivity contribution in [2.75, 3.05) is 25.4 Å². The van der Waals surface area contributed by atoms with E-state index in [1.807, 2.05) is 16.9 Å². The summed E-state index contributed by atoms with van der Waals surface area (Å²) in [6.07, 6.45) is 5.70. The predicted octanol–water partition coefficient (Wildman–Crippen LogP) is 2.15. The van der Waals surface area contributed by atoms with E-state index in [4.69, 9.17) is 5.73 Å². The fourth-order valence-corrected chi connectivity index (χ4v) is 2.40. The topological polar surface area (TPSA) is 47.1 Å². The molecule has 4 nitrogen and oxygen atoms in total. The monoisotopic (exact) mass is 236 g/mol. The normalized spacial score (nSPS) is 19.0. The quantitative estimate of drug-likeness (QED) is 0.871. The second kappa shape index (κ2) is 5.54. The summed E-state index contributed by atoms with van der Waals surface area (Å²) < 4.78 is 2.04. The number of nitrogen functional groups attached to an aromatic ring is 1. The summed E-state index contributed by atoms with van der Waals surface area (Å²) in [4.78, 5) is 2.57. The molecule has 1 aromatic heterocycles. The Morgan fingerprint density at radius 3 is 2.65 bits per heavy atom. The summed E-state index contributed by atoms with van der Waals surface area (Å²) in [5.41, 5.74) is 5.65. The Morgan fingerprint density at radius 2 is 2.12 bits per heavy atom. The van der Waals surface area contributed by atoms with Gasteiger partial charge in [0.1, 0.15) is 5.82 Å². The van der Waals surface area contributed by atoms with Crippen molar-refractivity contribution in [1.29, 1.82) is 0 Å². The van der Waals surface area contributed by atoms with E-state index in [1.54, 1.807) is 0 Å². The zero-order chi connectivity index (χ0) is 12.3. The molecular formula is C13H24N4. The highest BCUT2D eigenvalue weighted by molar-refractivity contribution is 5.24. The molecule has 0 amide bonds. The van der Waals surface area contributed by atoms with E-state index < -0.39 is 0 Å². The molecule has 0 atom stereocenters. The SMILES string of the molecule is CC(C)CCN1CCC(n2ccc(N)n2)CC1. The molecule has 0 unspecified atom stereocenters. The largest absolute Gasteiger partial charge is 0.382 e. The third-order valence-corrected chi connectivity index (χ3v) is 3.58. The van der Waals surface area contributed by atoms with Crippen LogP contribution in [0.5, 0.6) is 0 Å². The Labute approximate surface area is 104 Å². The summed E-state index contributed by atoms with van der Waals surface area (Å²) in [5.74, 6) is 1.44. The van der Waals surface area contributed by atoms with E-state index in [0.29, 0.717) is 11.9 Å². The molecule has 0 bridgehead atoms.